The number of hydrogen-bond donors (Lipinski definition) is 3. The van der Waals surface area contributed by atoms with Gasteiger partial charge in [0.2, 0.25) is 5.95 Å². The Hall–Kier alpha value is -3.81. The van der Waals surface area contributed by atoms with Crippen molar-refractivity contribution in [1.29, 1.82) is 0 Å². The molecule has 4 aromatic rings. The number of carbonyl (C=O) groups is 1. The fourth-order valence-corrected chi connectivity index (χ4v) is 4.33. The molecule has 170 valence electrons. The first-order valence-electron chi connectivity index (χ1n) is 10.5. The lowest BCUT2D eigenvalue weighted by Gasteiger charge is -2.29. The average Bonchev–Trinajstić information content (AvgIpc) is 3.25. The highest BCUT2D eigenvalue weighted by Gasteiger charge is 2.36. The maximum absolute atomic E-state index is 13.5. The van der Waals surface area contributed by atoms with Gasteiger partial charge < -0.3 is 15.7 Å². The number of nitrogens with zero attached hydrogens (tertiary/aromatic N) is 3. The van der Waals surface area contributed by atoms with Crippen LogP contribution in [0.3, 0.4) is 0 Å². The molecule has 2 heterocycles. The molecule has 0 spiro atoms. The number of fused-ring (bicyclic) bond motifs is 1. The molecule has 0 radical (unpaired) electrons. The number of carbonyl (C=O) groups excluding carboxylic acids is 1. The van der Waals surface area contributed by atoms with Gasteiger partial charge in [-0.15, -0.1) is 5.10 Å². The Labute approximate surface area is 205 Å². The summed E-state index contributed by atoms with van der Waals surface area (Å²) in [6, 6.07) is 20.4. The van der Waals surface area contributed by atoms with Crippen molar-refractivity contribution in [1.82, 2.24) is 14.8 Å². The molecule has 0 bridgehead atoms. The predicted molar refractivity (Wildman–Crippen MR) is 133 cm³/mol. The molecule has 3 aromatic carbocycles. The Morgan fingerprint density at radius 1 is 1.03 bits per heavy atom. The zero-order valence-electron chi connectivity index (χ0n) is 18.0. The van der Waals surface area contributed by atoms with Crippen LogP contribution in [0, 0.1) is 0 Å². The van der Waals surface area contributed by atoms with E-state index in [2.05, 4.69) is 15.6 Å². The number of rotatable bonds is 4. The smallest absolute Gasteiger partial charge is 0.255 e. The Morgan fingerprint density at radius 3 is 2.50 bits per heavy atom. The summed E-state index contributed by atoms with van der Waals surface area (Å²) in [6.07, 6.45) is 0. The largest absolute Gasteiger partial charge is 0.508 e. The van der Waals surface area contributed by atoms with E-state index >= 15 is 0 Å². The van der Waals surface area contributed by atoms with Crippen molar-refractivity contribution >= 4 is 40.7 Å². The second-order valence-electron chi connectivity index (χ2n) is 7.78. The van der Waals surface area contributed by atoms with Crippen LogP contribution in [0.25, 0.3) is 11.4 Å². The van der Waals surface area contributed by atoms with Gasteiger partial charge in [0.15, 0.2) is 5.82 Å². The van der Waals surface area contributed by atoms with Crippen LogP contribution in [-0.4, -0.2) is 25.8 Å². The van der Waals surface area contributed by atoms with Crippen molar-refractivity contribution in [3.05, 3.63) is 99.7 Å². The molecule has 0 fully saturated rings. The van der Waals surface area contributed by atoms with E-state index in [9.17, 15) is 9.90 Å². The summed E-state index contributed by atoms with van der Waals surface area (Å²) in [5.41, 5.74) is 3.05. The lowest BCUT2D eigenvalue weighted by molar-refractivity contribution is -0.113. The molecule has 0 aliphatic carbocycles. The lowest BCUT2D eigenvalue weighted by atomic mass is 9.95. The minimum Gasteiger partial charge on any atom is -0.508 e. The van der Waals surface area contributed by atoms with E-state index in [-0.39, 0.29) is 11.7 Å². The Morgan fingerprint density at radius 2 is 1.76 bits per heavy atom. The number of aromatic hydroxyl groups is 1. The van der Waals surface area contributed by atoms with Gasteiger partial charge in [-0.1, -0.05) is 53.5 Å². The number of phenols is 1. The van der Waals surface area contributed by atoms with Crippen LogP contribution < -0.4 is 10.6 Å². The predicted octanol–water partition coefficient (Wildman–Crippen LogP) is 5.89. The second-order valence-corrected chi connectivity index (χ2v) is 8.57. The van der Waals surface area contributed by atoms with Crippen molar-refractivity contribution in [3.63, 3.8) is 0 Å². The first-order chi connectivity index (χ1) is 16.4. The number of anilines is 2. The molecule has 9 heteroatoms. The van der Waals surface area contributed by atoms with Crippen LogP contribution in [0.5, 0.6) is 5.75 Å². The van der Waals surface area contributed by atoms with Crippen LogP contribution in [0.2, 0.25) is 10.0 Å². The van der Waals surface area contributed by atoms with Crippen LogP contribution >= 0.6 is 23.2 Å². The number of amides is 1. The molecule has 1 amide bonds. The normalized spacial score (nSPS) is 15.0. The van der Waals surface area contributed by atoms with E-state index in [1.54, 1.807) is 41.1 Å². The number of para-hydroxylation sites is 1. The molecule has 3 N–H and O–H groups in total. The number of halogens is 2. The van der Waals surface area contributed by atoms with Gasteiger partial charge in [-0.2, -0.15) is 4.98 Å². The van der Waals surface area contributed by atoms with Crippen LogP contribution in [0.1, 0.15) is 18.5 Å². The third-order valence-electron chi connectivity index (χ3n) is 5.53. The van der Waals surface area contributed by atoms with Crippen molar-refractivity contribution in [2.75, 3.05) is 10.6 Å². The molecule has 1 aromatic heterocycles. The van der Waals surface area contributed by atoms with Gasteiger partial charge in [0.25, 0.3) is 5.91 Å². The van der Waals surface area contributed by atoms with Crippen LogP contribution in [-0.2, 0) is 4.79 Å². The van der Waals surface area contributed by atoms with Crippen LogP contribution in [0.15, 0.2) is 84.1 Å². The number of phenolic OH excluding ortho intramolecular Hbond substituents is 1. The third-order valence-corrected chi connectivity index (χ3v) is 6.36. The van der Waals surface area contributed by atoms with Gasteiger partial charge >= 0.3 is 0 Å². The quantitative estimate of drug-likeness (QED) is 0.331. The van der Waals surface area contributed by atoms with Crippen molar-refractivity contribution in [3.8, 4) is 17.1 Å². The van der Waals surface area contributed by atoms with Gasteiger partial charge in [-0.25, -0.2) is 4.68 Å². The number of aromatic nitrogens is 3. The minimum absolute atomic E-state index is 0.145. The van der Waals surface area contributed by atoms with E-state index in [0.29, 0.717) is 49.9 Å². The summed E-state index contributed by atoms with van der Waals surface area (Å²) in [5, 5.41) is 21.2. The first kappa shape index (κ1) is 22.0. The molecule has 1 aliphatic rings. The van der Waals surface area contributed by atoms with Crippen molar-refractivity contribution in [2.24, 2.45) is 0 Å². The molecule has 1 aliphatic heterocycles. The molecular formula is C25H19Cl2N5O2. The summed E-state index contributed by atoms with van der Waals surface area (Å²) in [7, 11) is 0. The van der Waals surface area contributed by atoms with Crippen molar-refractivity contribution in [2.45, 2.75) is 13.0 Å². The third kappa shape index (κ3) is 4.00. The maximum atomic E-state index is 13.5. The standard InChI is InChI=1S/C25H19Cl2N5O2/c1-14-20(24(34)29-16-6-3-2-4-7-16)22(18-8-5-9-19(26)21(18)27)32-25(28-14)30-23(31-32)15-10-12-17(33)13-11-15/h2-13,22,33H,1H3,(H,29,34)(H,28,30,31). The van der Waals surface area contributed by atoms with Crippen LogP contribution in [0.4, 0.5) is 11.6 Å². The molecule has 1 unspecified atom stereocenters. The number of allylic oxidation sites excluding steroid dienone is 1. The zero-order chi connectivity index (χ0) is 23.8. The van der Waals surface area contributed by atoms with Gasteiger partial charge in [-0.05, 0) is 49.4 Å². The number of nitrogens with one attached hydrogen (secondary N) is 2. The van der Waals surface area contributed by atoms with Gasteiger partial charge in [0.1, 0.15) is 11.8 Å². The minimum atomic E-state index is -0.676. The molecule has 5 rings (SSSR count). The fraction of sp³-hybridized carbons (Fsp3) is 0.0800. The summed E-state index contributed by atoms with van der Waals surface area (Å²) in [6.45, 7) is 1.81. The van der Waals surface area contributed by atoms with E-state index in [1.165, 1.54) is 0 Å². The van der Waals surface area contributed by atoms with Gasteiger partial charge in [0.05, 0.1) is 15.6 Å². The molecule has 34 heavy (non-hydrogen) atoms. The summed E-state index contributed by atoms with van der Waals surface area (Å²) in [4.78, 5) is 18.1. The highest BCUT2D eigenvalue weighted by Crippen LogP contribution is 2.41. The number of benzene rings is 3. The molecule has 7 nitrogen and oxygen atoms in total. The fourth-order valence-electron chi connectivity index (χ4n) is 3.92. The Kier molecular flexibility index (Phi) is 5.73. The molecule has 0 saturated carbocycles. The SMILES string of the molecule is CC1=C(C(=O)Nc2ccccc2)C(c2cccc(Cl)c2Cl)n2nc(-c3ccc(O)cc3)nc2N1. The number of hydrogen-bond acceptors (Lipinski definition) is 5. The second kappa shape index (κ2) is 8.85. The summed E-state index contributed by atoms with van der Waals surface area (Å²) in [5.74, 6) is 0.734. The maximum Gasteiger partial charge on any atom is 0.255 e. The topological polar surface area (TPSA) is 92.1 Å². The van der Waals surface area contributed by atoms with E-state index < -0.39 is 6.04 Å². The average molecular weight is 492 g/mol. The molecule has 0 saturated heterocycles. The summed E-state index contributed by atoms with van der Waals surface area (Å²) >= 11 is 13.0. The first-order valence-corrected chi connectivity index (χ1v) is 11.2. The van der Waals surface area contributed by atoms with Crippen molar-refractivity contribution < 1.29 is 9.90 Å². The monoisotopic (exact) mass is 491 g/mol. The van der Waals surface area contributed by atoms with Gasteiger partial charge in [-0.3, -0.25) is 4.79 Å². The Bertz CT molecular complexity index is 1420. The highest BCUT2D eigenvalue weighted by atomic mass is 35.5. The lowest BCUT2D eigenvalue weighted by Crippen LogP contribution is -2.31. The van der Waals surface area contributed by atoms with E-state index in [0.717, 1.165) is 0 Å². The molecular weight excluding hydrogens is 473 g/mol. The molecule has 1 atom stereocenters. The van der Waals surface area contributed by atoms with E-state index in [4.69, 9.17) is 28.3 Å². The zero-order valence-corrected chi connectivity index (χ0v) is 19.5. The van der Waals surface area contributed by atoms with Gasteiger partial charge in [0, 0.05) is 22.5 Å². The van der Waals surface area contributed by atoms with E-state index in [1.807, 2.05) is 43.3 Å². The summed E-state index contributed by atoms with van der Waals surface area (Å²) < 4.78 is 1.63. The highest BCUT2D eigenvalue weighted by molar-refractivity contribution is 6.42. The Balaban J connectivity index is 1.64.